The van der Waals surface area contributed by atoms with Gasteiger partial charge in [0, 0.05) is 35.0 Å². The molecule has 1 aromatic carbocycles. The van der Waals surface area contributed by atoms with Gasteiger partial charge >= 0.3 is 0 Å². The molecular formula is C14H15NOS. The molecule has 1 aliphatic rings. The fourth-order valence-electron chi connectivity index (χ4n) is 2.39. The molecule has 1 aromatic heterocycles. The number of aromatic nitrogens is 1. The third-order valence-corrected chi connectivity index (χ3v) is 4.55. The molecule has 2 heterocycles. The highest BCUT2D eigenvalue weighted by Crippen LogP contribution is 2.40. The van der Waals surface area contributed by atoms with Crippen LogP contribution in [0.1, 0.15) is 17.2 Å². The van der Waals surface area contributed by atoms with Crippen molar-refractivity contribution in [3.05, 3.63) is 53.9 Å². The van der Waals surface area contributed by atoms with Crippen molar-refractivity contribution in [2.75, 3.05) is 5.75 Å². The van der Waals surface area contributed by atoms with Crippen LogP contribution in [0.5, 0.6) is 0 Å². The van der Waals surface area contributed by atoms with E-state index in [4.69, 9.17) is 0 Å². The molecule has 1 unspecified atom stereocenters. The van der Waals surface area contributed by atoms with Gasteiger partial charge in [0.15, 0.2) is 0 Å². The topological polar surface area (TPSA) is 25.2 Å². The summed E-state index contributed by atoms with van der Waals surface area (Å²) in [4.78, 5) is 1.41. The van der Waals surface area contributed by atoms with Gasteiger partial charge in [0.2, 0.25) is 0 Å². The van der Waals surface area contributed by atoms with Gasteiger partial charge in [-0.25, -0.2) is 0 Å². The van der Waals surface area contributed by atoms with Crippen molar-refractivity contribution in [1.82, 2.24) is 4.57 Å². The summed E-state index contributed by atoms with van der Waals surface area (Å²) in [6.07, 6.45) is 2.05. The van der Waals surface area contributed by atoms with Gasteiger partial charge in [-0.15, -0.1) is 11.8 Å². The molecule has 0 bridgehead atoms. The van der Waals surface area contributed by atoms with E-state index in [2.05, 4.69) is 35.0 Å². The molecule has 0 saturated carbocycles. The Kier molecular flexibility index (Phi) is 2.95. The molecule has 0 fully saturated rings. The predicted molar refractivity (Wildman–Crippen MR) is 70.3 cm³/mol. The summed E-state index contributed by atoms with van der Waals surface area (Å²) in [7, 11) is 0. The van der Waals surface area contributed by atoms with Crippen LogP contribution in [0.25, 0.3) is 0 Å². The highest BCUT2D eigenvalue weighted by atomic mass is 32.2. The second kappa shape index (κ2) is 4.59. The van der Waals surface area contributed by atoms with Crippen LogP contribution in [-0.4, -0.2) is 15.4 Å². The Bertz CT molecular complexity index is 520. The van der Waals surface area contributed by atoms with Crippen molar-refractivity contribution in [3.63, 3.8) is 0 Å². The zero-order valence-corrected chi connectivity index (χ0v) is 10.4. The molecule has 1 atom stereocenters. The van der Waals surface area contributed by atoms with E-state index in [0.29, 0.717) is 5.92 Å². The Morgan fingerprint density at radius 2 is 2.12 bits per heavy atom. The first-order valence-corrected chi connectivity index (χ1v) is 6.83. The largest absolute Gasteiger partial charge is 0.390 e. The number of nitrogens with zero attached hydrogens (tertiary/aromatic N) is 1. The summed E-state index contributed by atoms with van der Waals surface area (Å²) in [6.45, 7) is 1.08. The highest BCUT2D eigenvalue weighted by Gasteiger charge is 2.23. The molecule has 0 radical (unpaired) electrons. The first-order chi connectivity index (χ1) is 8.38. The van der Waals surface area contributed by atoms with E-state index >= 15 is 0 Å². The Morgan fingerprint density at radius 1 is 1.24 bits per heavy atom. The number of rotatable bonds is 3. The number of thioether (sulfide) groups is 1. The second-order valence-corrected chi connectivity index (χ2v) is 5.42. The fourth-order valence-corrected chi connectivity index (χ4v) is 3.63. The lowest BCUT2D eigenvalue weighted by atomic mass is 10.0. The molecule has 1 aliphatic heterocycles. The van der Waals surface area contributed by atoms with Crippen LogP contribution in [0.4, 0.5) is 0 Å². The van der Waals surface area contributed by atoms with E-state index in [9.17, 15) is 5.11 Å². The summed E-state index contributed by atoms with van der Waals surface area (Å²) < 4.78 is 2.16. The number of aliphatic hydroxyl groups is 1. The maximum Gasteiger partial charge on any atom is 0.0832 e. The lowest BCUT2D eigenvalue weighted by molar-refractivity contribution is 0.269. The molecule has 0 aliphatic carbocycles. The number of fused-ring (bicyclic) bond motifs is 1. The molecule has 2 nitrogen and oxygen atoms in total. The van der Waals surface area contributed by atoms with Crippen molar-refractivity contribution in [2.45, 2.75) is 24.0 Å². The highest BCUT2D eigenvalue weighted by molar-refractivity contribution is 7.99. The third-order valence-electron chi connectivity index (χ3n) is 3.30. The Labute approximate surface area is 105 Å². The van der Waals surface area contributed by atoms with Crippen LogP contribution in [0.2, 0.25) is 0 Å². The van der Waals surface area contributed by atoms with Gasteiger partial charge in [-0.05, 0) is 23.8 Å². The first-order valence-electron chi connectivity index (χ1n) is 5.85. The third kappa shape index (κ3) is 2.01. The van der Waals surface area contributed by atoms with Crippen molar-refractivity contribution in [1.29, 1.82) is 0 Å². The number of hydrogen-bond donors (Lipinski definition) is 1. The molecule has 3 rings (SSSR count). The Balaban J connectivity index is 1.84. The van der Waals surface area contributed by atoms with Crippen LogP contribution in [-0.2, 0) is 13.2 Å². The molecule has 3 heteroatoms. The fraction of sp³-hybridized carbons (Fsp3) is 0.286. The zero-order chi connectivity index (χ0) is 11.7. The molecule has 0 amide bonds. The van der Waals surface area contributed by atoms with Gasteiger partial charge in [-0.3, -0.25) is 0 Å². The molecule has 2 aromatic rings. The first kappa shape index (κ1) is 10.9. The van der Waals surface area contributed by atoms with Gasteiger partial charge in [0.1, 0.15) is 0 Å². The molecular weight excluding hydrogens is 230 g/mol. The summed E-state index contributed by atoms with van der Waals surface area (Å²) >= 11 is 1.94. The summed E-state index contributed by atoms with van der Waals surface area (Å²) in [5.74, 6) is 1.71. The van der Waals surface area contributed by atoms with E-state index in [1.54, 1.807) is 0 Å². The standard InChI is InChI=1S/C14H15NOS/c16-9-12-4-3-7-15(12)8-11-10-17-14-6-2-1-5-13(11)14/h1-7,11,16H,8-10H2. The van der Waals surface area contributed by atoms with Gasteiger partial charge < -0.3 is 9.67 Å². The smallest absolute Gasteiger partial charge is 0.0832 e. The maximum atomic E-state index is 9.25. The van der Waals surface area contributed by atoms with E-state index in [-0.39, 0.29) is 6.61 Å². The quantitative estimate of drug-likeness (QED) is 0.899. The van der Waals surface area contributed by atoms with Crippen LogP contribution < -0.4 is 0 Å². The lowest BCUT2D eigenvalue weighted by Crippen LogP contribution is -2.10. The van der Waals surface area contributed by atoms with E-state index in [1.165, 1.54) is 10.5 Å². The summed E-state index contributed by atoms with van der Waals surface area (Å²) in [5, 5.41) is 9.25. The average Bonchev–Trinajstić information content (AvgIpc) is 2.97. The minimum absolute atomic E-state index is 0.120. The Morgan fingerprint density at radius 3 is 3.00 bits per heavy atom. The van der Waals surface area contributed by atoms with Crippen LogP contribution in [0.15, 0.2) is 47.5 Å². The molecule has 88 valence electrons. The predicted octanol–water partition coefficient (Wildman–Crippen LogP) is 2.87. The second-order valence-electron chi connectivity index (χ2n) is 4.36. The number of benzene rings is 1. The lowest BCUT2D eigenvalue weighted by Gasteiger charge is -2.14. The van der Waals surface area contributed by atoms with Gasteiger partial charge in [0.25, 0.3) is 0 Å². The number of aliphatic hydroxyl groups excluding tert-OH is 1. The summed E-state index contributed by atoms with van der Waals surface area (Å²) in [5.41, 5.74) is 2.45. The van der Waals surface area contributed by atoms with Crippen molar-refractivity contribution in [3.8, 4) is 0 Å². The Hall–Kier alpha value is -1.19. The molecule has 0 spiro atoms. The number of hydrogen-bond acceptors (Lipinski definition) is 2. The normalized spacial score (nSPS) is 18.3. The average molecular weight is 245 g/mol. The van der Waals surface area contributed by atoms with E-state index in [1.807, 2.05) is 23.9 Å². The van der Waals surface area contributed by atoms with Crippen LogP contribution in [0, 0.1) is 0 Å². The van der Waals surface area contributed by atoms with Crippen molar-refractivity contribution in [2.24, 2.45) is 0 Å². The van der Waals surface area contributed by atoms with Crippen LogP contribution in [0.3, 0.4) is 0 Å². The maximum absolute atomic E-state index is 9.25. The monoisotopic (exact) mass is 245 g/mol. The molecule has 1 N–H and O–H groups in total. The van der Waals surface area contributed by atoms with Gasteiger partial charge in [-0.2, -0.15) is 0 Å². The zero-order valence-electron chi connectivity index (χ0n) is 9.54. The van der Waals surface area contributed by atoms with Crippen molar-refractivity contribution < 1.29 is 5.11 Å². The van der Waals surface area contributed by atoms with Crippen molar-refractivity contribution >= 4 is 11.8 Å². The molecule has 0 saturated heterocycles. The van der Waals surface area contributed by atoms with Gasteiger partial charge in [-0.1, -0.05) is 18.2 Å². The summed E-state index contributed by atoms with van der Waals surface area (Å²) in [6, 6.07) is 12.6. The minimum atomic E-state index is 0.120. The van der Waals surface area contributed by atoms with E-state index < -0.39 is 0 Å². The SMILES string of the molecule is OCc1cccn1CC1CSc2ccccc21. The van der Waals surface area contributed by atoms with Crippen LogP contribution >= 0.6 is 11.8 Å². The van der Waals surface area contributed by atoms with Gasteiger partial charge in [0.05, 0.1) is 6.61 Å². The van der Waals surface area contributed by atoms with E-state index in [0.717, 1.165) is 18.0 Å². The minimum Gasteiger partial charge on any atom is -0.390 e. The molecule has 17 heavy (non-hydrogen) atoms.